The summed E-state index contributed by atoms with van der Waals surface area (Å²) in [4.78, 5) is 36.1. The first-order valence-corrected chi connectivity index (χ1v) is 9.28. The van der Waals surface area contributed by atoms with E-state index < -0.39 is 22.8 Å². The van der Waals surface area contributed by atoms with E-state index in [0.29, 0.717) is 22.4 Å². The highest BCUT2D eigenvalue weighted by Crippen LogP contribution is 2.30. The van der Waals surface area contributed by atoms with Crippen LogP contribution in [0.15, 0.2) is 91.0 Å². The van der Waals surface area contributed by atoms with Gasteiger partial charge in [-0.1, -0.05) is 24.8 Å². The zero-order chi connectivity index (χ0) is 22.4. The van der Waals surface area contributed by atoms with Crippen molar-refractivity contribution < 1.29 is 24.0 Å². The maximum atomic E-state index is 13.0. The second-order valence-corrected chi connectivity index (χ2v) is 6.58. The Bertz CT molecular complexity index is 1110. The molecule has 3 aromatic carbocycles. The molecule has 0 aliphatic heterocycles. The van der Waals surface area contributed by atoms with Gasteiger partial charge in [-0.15, -0.1) is 0 Å². The minimum absolute atomic E-state index is 0.0169. The number of nitrogens with zero attached hydrogens (tertiary/aromatic N) is 1. The van der Waals surface area contributed by atoms with Crippen LogP contribution >= 0.6 is 0 Å². The summed E-state index contributed by atoms with van der Waals surface area (Å²) in [5, 5.41) is 11.0. The van der Waals surface area contributed by atoms with E-state index in [1.165, 1.54) is 31.4 Å². The van der Waals surface area contributed by atoms with Gasteiger partial charge >= 0.3 is 5.97 Å². The molecule has 0 spiro atoms. The van der Waals surface area contributed by atoms with E-state index in [0.717, 1.165) is 0 Å². The average molecular weight is 417 g/mol. The van der Waals surface area contributed by atoms with Crippen LogP contribution in [0, 0.1) is 10.1 Å². The van der Waals surface area contributed by atoms with Gasteiger partial charge < -0.3 is 9.47 Å². The second kappa shape index (κ2) is 9.49. The predicted molar refractivity (Wildman–Crippen MR) is 114 cm³/mol. The first-order chi connectivity index (χ1) is 14.9. The van der Waals surface area contributed by atoms with E-state index in [9.17, 15) is 19.7 Å². The Morgan fingerprint density at radius 3 is 2.06 bits per heavy atom. The van der Waals surface area contributed by atoms with E-state index in [4.69, 9.17) is 9.47 Å². The molecular formula is C24H19NO6. The molecule has 0 amide bonds. The lowest BCUT2D eigenvalue weighted by atomic mass is 9.95. The van der Waals surface area contributed by atoms with Gasteiger partial charge in [0.25, 0.3) is 5.69 Å². The molecule has 0 bridgehead atoms. The van der Waals surface area contributed by atoms with Gasteiger partial charge in [-0.05, 0) is 54.1 Å². The van der Waals surface area contributed by atoms with E-state index in [1.54, 1.807) is 54.6 Å². The lowest BCUT2D eigenvalue weighted by molar-refractivity contribution is -0.384. The van der Waals surface area contributed by atoms with Gasteiger partial charge in [0.2, 0.25) is 0 Å². The third kappa shape index (κ3) is 5.02. The van der Waals surface area contributed by atoms with Crippen molar-refractivity contribution in [2.24, 2.45) is 0 Å². The smallest absolute Gasteiger partial charge is 0.339 e. The minimum Gasteiger partial charge on any atom is -0.497 e. The van der Waals surface area contributed by atoms with Crippen molar-refractivity contribution in [3.05, 3.63) is 118 Å². The van der Waals surface area contributed by atoms with E-state index >= 15 is 0 Å². The molecule has 156 valence electrons. The van der Waals surface area contributed by atoms with Crippen molar-refractivity contribution in [1.29, 1.82) is 0 Å². The molecule has 0 saturated carbocycles. The fraction of sp³-hybridized carbons (Fsp3) is 0.0833. The van der Waals surface area contributed by atoms with E-state index in [2.05, 4.69) is 6.58 Å². The van der Waals surface area contributed by atoms with Gasteiger partial charge in [-0.2, -0.15) is 0 Å². The molecule has 7 heteroatoms. The van der Waals surface area contributed by atoms with Crippen LogP contribution in [0.3, 0.4) is 0 Å². The van der Waals surface area contributed by atoms with Gasteiger partial charge in [0.1, 0.15) is 5.75 Å². The molecule has 3 rings (SSSR count). The molecule has 1 unspecified atom stereocenters. The Balaban J connectivity index is 1.93. The SMILES string of the molecule is C=C(C(=O)c1ccc(OC)cc1)C(OC(=O)c1ccccc1)c1ccc([N+](=O)[O-])cc1. The summed E-state index contributed by atoms with van der Waals surface area (Å²) in [6.45, 7) is 3.86. The third-order valence-corrected chi connectivity index (χ3v) is 4.60. The Morgan fingerprint density at radius 2 is 1.52 bits per heavy atom. The number of hydrogen-bond acceptors (Lipinski definition) is 6. The van der Waals surface area contributed by atoms with Gasteiger partial charge in [-0.3, -0.25) is 14.9 Å². The minimum atomic E-state index is -1.12. The molecule has 0 aliphatic carbocycles. The first kappa shape index (κ1) is 21.4. The number of carbonyl (C=O) groups excluding carboxylic acids is 2. The van der Waals surface area contributed by atoms with Gasteiger partial charge in [-0.25, -0.2) is 4.79 Å². The highest BCUT2D eigenvalue weighted by molar-refractivity contribution is 6.09. The molecular weight excluding hydrogens is 398 g/mol. The molecule has 0 aromatic heterocycles. The molecule has 0 N–H and O–H groups in total. The van der Waals surface area contributed by atoms with Crippen LogP contribution in [-0.2, 0) is 4.74 Å². The van der Waals surface area contributed by atoms with E-state index in [1.807, 2.05) is 0 Å². The molecule has 1 atom stereocenters. The van der Waals surface area contributed by atoms with E-state index in [-0.39, 0.29) is 11.3 Å². The summed E-state index contributed by atoms with van der Waals surface area (Å²) < 4.78 is 10.7. The summed E-state index contributed by atoms with van der Waals surface area (Å²) in [5.41, 5.74) is 0.932. The number of ketones is 1. The number of ether oxygens (including phenoxy) is 2. The normalized spacial score (nSPS) is 11.3. The van der Waals surface area contributed by atoms with Crippen LogP contribution in [0.1, 0.15) is 32.4 Å². The molecule has 3 aromatic rings. The highest BCUT2D eigenvalue weighted by Gasteiger charge is 2.27. The topological polar surface area (TPSA) is 95.7 Å². The number of Topliss-reactive ketones (excluding diaryl/α,β-unsaturated/α-hetero) is 1. The summed E-state index contributed by atoms with van der Waals surface area (Å²) >= 11 is 0. The van der Waals surface area contributed by atoms with Gasteiger partial charge in [0, 0.05) is 23.3 Å². The number of methoxy groups -OCH3 is 1. The summed E-state index contributed by atoms with van der Waals surface area (Å²) in [7, 11) is 1.52. The molecule has 31 heavy (non-hydrogen) atoms. The number of rotatable bonds is 8. The first-order valence-electron chi connectivity index (χ1n) is 9.28. The summed E-state index contributed by atoms with van der Waals surface area (Å²) in [6.07, 6.45) is -1.12. The number of carbonyl (C=O) groups is 2. The lowest BCUT2D eigenvalue weighted by Crippen LogP contribution is -2.18. The molecule has 7 nitrogen and oxygen atoms in total. The quantitative estimate of drug-likeness (QED) is 0.169. The second-order valence-electron chi connectivity index (χ2n) is 6.58. The molecule has 0 aliphatic rings. The van der Waals surface area contributed by atoms with Crippen molar-refractivity contribution in [3.63, 3.8) is 0 Å². The zero-order valence-corrected chi connectivity index (χ0v) is 16.7. The van der Waals surface area contributed by atoms with Crippen LogP contribution in [0.4, 0.5) is 5.69 Å². The van der Waals surface area contributed by atoms with Crippen LogP contribution in [0.2, 0.25) is 0 Å². The number of nitro benzene ring substituents is 1. The molecule has 0 heterocycles. The molecule has 0 radical (unpaired) electrons. The number of non-ortho nitro benzene ring substituents is 1. The largest absolute Gasteiger partial charge is 0.497 e. The lowest BCUT2D eigenvalue weighted by Gasteiger charge is -2.20. The Morgan fingerprint density at radius 1 is 0.903 bits per heavy atom. The van der Waals surface area contributed by atoms with Gasteiger partial charge in [0.05, 0.1) is 17.6 Å². The Kier molecular flexibility index (Phi) is 6.57. The summed E-state index contributed by atoms with van der Waals surface area (Å²) in [6, 6.07) is 20.2. The fourth-order valence-electron chi connectivity index (χ4n) is 2.91. The predicted octanol–water partition coefficient (Wildman–Crippen LogP) is 4.94. The number of hydrogen-bond donors (Lipinski definition) is 0. The van der Waals surface area contributed by atoms with Crippen molar-refractivity contribution in [3.8, 4) is 5.75 Å². The van der Waals surface area contributed by atoms with Crippen LogP contribution in [0.5, 0.6) is 5.75 Å². The number of nitro groups is 1. The molecule has 0 saturated heterocycles. The number of benzene rings is 3. The Labute approximate surface area is 178 Å². The van der Waals surface area contributed by atoms with Crippen LogP contribution < -0.4 is 4.74 Å². The van der Waals surface area contributed by atoms with Gasteiger partial charge in [0.15, 0.2) is 11.9 Å². The van der Waals surface area contributed by atoms with Crippen molar-refractivity contribution >= 4 is 17.4 Å². The third-order valence-electron chi connectivity index (χ3n) is 4.60. The van der Waals surface area contributed by atoms with Crippen molar-refractivity contribution in [2.45, 2.75) is 6.10 Å². The zero-order valence-electron chi connectivity index (χ0n) is 16.7. The number of esters is 1. The summed E-state index contributed by atoms with van der Waals surface area (Å²) in [5.74, 6) is -0.482. The van der Waals surface area contributed by atoms with Crippen molar-refractivity contribution in [1.82, 2.24) is 0 Å². The maximum absolute atomic E-state index is 13.0. The fourth-order valence-corrected chi connectivity index (χ4v) is 2.91. The maximum Gasteiger partial charge on any atom is 0.339 e. The molecule has 0 fully saturated rings. The van der Waals surface area contributed by atoms with Crippen LogP contribution in [-0.4, -0.2) is 23.8 Å². The highest BCUT2D eigenvalue weighted by atomic mass is 16.6. The van der Waals surface area contributed by atoms with Crippen LogP contribution in [0.25, 0.3) is 0 Å². The van der Waals surface area contributed by atoms with Crippen molar-refractivity contribution in [2.75, 3.05) is 7.11 Å². The monoisotopic (exact) mass is 417 g/mol. The standard InChI is InChI=1S/C24H19NO6/c1-16(22(26)17-10-14-21(30-2)15-11-17)23(18-8-12-20(13-9-18)25(28)29)31-24(27)19-6-4-3-5-7-19/h3-15,23H,1H2,2H3. The Hall–Kier alpha value is -4.26. The average Bonchev–Trinajstić information content (AvgIpc) is 2.82.